The van der Waals surface area contributed by atoms with Gasteiger partial charge in [-0.1, -0.05) is 19.1 Å². The Morgan fingerprint density at radius 1 is 1.19 bits per heavy atom. The first kappa shape index (κ1) is 17.0. The topological polar surface area (TPSA) is 76.1 Å². The summed E-state index contributed by atoms with van der Waals surface area (Å²) >= 11 is 0. The molecule has 116 valence electrons. The molecule has 0 saturated heterocycles. The summed E-state index contributed by atoms with van der Waals surface area (Å²) in [6, 6.07) is 6.97. The molecule has 0 spiro atoms. The zero-order chi connectivity index (χ0) is 15.7. The molecule has 1 rings (SSSR count). The molecular weight excluding hydrogens is 274 g/mol. The van der Waals surface area contributed by atoms with Gasteiger partial charge in [0.1, 0.15) is 12.4 Å². The first-order valence-electron chi connectivity index (χ1n) is 6.78. The Labute approximate surface area is 124 Å². The first-order valence-corrected chi connectivity index (χ1v) is 6.78. The lowest BCUT2D eigenvalue weighted by atomic mass is 10.2. The van der Waals surface area contributed by atoms with Crippen LogP contribution in [-0.4, -0.2) is 48.8 Å². The Morgan fingerprint density at radius 2 is 1.86 bits per heavy atom. The highest BCUT2D eigenvalue weighted by atomic mass is 16.5. The second kappa shape index (κ2) is 8.97. The maximum absolute atomic E-state index is 11.8. The number of carboxylic acids is 1. The normalized spacial score (nSPS) is 10.2. The molecule has 0 saturated carbocycles. The first-order chi connectivity index (χ1) is 10.0. The zero-order valence-corrected chi connectivity index (χ0v) is 12.4. The van der Waals surface area contributed by atoms with Gasteiger partial charge in [-0.25, -0.2) is 4.79 Å². The molecule has 21 heavy (non-hydrogen) atoms. The van der Waals surface area contributed by atoms with Gasteiger partial charge in [-0.05, 0) is 24.1 Å². The largest absolute Gasteiger partial charge is 0.482 e. The highest BCUT2D eigenvalue weighted by molar-refractivity contribution is 5.77. The fraction of sp³-hybridized carbons (Fsp3) is 0.467. The number of carbonyl (C=O) groups is 2. The molecule has 6 nitrogen and oxygen atoms in total. The predicted octanol–water partition coefficient (Wildman–Crippen LogP) is 1.54. The van der Waals surface area contributed by atoms with Crippen molar-refractivity contribution >= 4 is 11.9 Å². The van der Waals surface area contributed by atoms with Gasteiger partial charge in [-0.15, -0.1) is 0 Å². The van der Waals surface area contributed by atoms with Gasteiger partial charge in [0.15, 0.2) is 6.61 Å². The van der Waals surface area contributed by atoms with E-state index in [4.69, 9.17) is 14.6 Å². The molecule has 0 aromatic heterocycles. The van der Waals surface area contributed by atoms with Crippen LogP contribution in [0.25, 0.3) is 0 Å². The van der Waals surface area contributed by atoms with Crippen LogP contribution in [0.2, 0.25) is 0 Å². The van der Waals surface area contributed by atoms with Crippen LogP contribution in [0.15, 0.2) is 24.3 Å². The van der Waals surface area contributed by atoms with Crippen LogP contribution in [0, 0.1) is 0 Å². The van der Waals surface area contributed by atoms with E-state index in [9.17, 15) is 9.59 Å². The zero-order valence-electron chi connectivity index (χ0n) is 12.4. The number of hydrogen-bond donors (Lipinski definition) is 1. The Balaban J connectivity index is 2.43. The van der Waals surface area contributed by atoms with Gasteiger partial charge in [0, 0.05) is 20.2 Å². The molecule has 0 heterocycles. The molecule has 1 amide bonds. The van der Waals surface area contributed by atoms with Gasteiger partial charge in [-0.3, -0.25) is 4.79 Å². The lowest BCUT2D eigenvalue weighted by Gasteiger charge is -2.17. The third-order valence-electron chi connectivity index (χ3n) is 2.71. The average Bonchev–Trinajstić information content (AvgIpc) is 2.46. The van der Waals surface area contributed by atoms with E-state index in [0.29, 0.717) is 18.9 Å². The van der Waals surface area contributed by atoms with Crippen LogP contribution >= 0.6 is 0 Å². The van der Waals surface area contributed by atoms with Crippen molar-refractivity contribution in [2.75, 3.05) is 26.9 Å². The monoisotopic (exact) mass is 295 g/mol. The molecule has 1 aromatic rings. The minimum atomic E-state index is -1.02. The molecular formula is C15H21NO5. The maximum Gasteiger partial charge on any atom is 0.341 e. The molecule has 0 radical (unpaired) electrons. The number of likely N-dealkylation sites (N-methyl/N-ethyl adjacent to an activating group) is 1. The van der Waals surface area contributed by atoms with Gasteiger partial charge in [0.25, 0.3) is 0 Å². The predicted molar refractivity (Wildman–Crippen MR) is 77.2 cm³/mol. The van der Waals surface area contributed by atoms with E-state index in [0.717, 1.165) is 12.0 Å². The SMILES string of the molecule is CCCOCC(=O)N(C)Cc1ccc(OCC(=O)O)cc1. The Kier molecular flexibility index (Phi) is 7.25. The fourth-order valence-corrected chi connectivity index (χ4v) is 1.61. The highest BCUT2D eigenvalue weighted by Crippen LogP contribution is 2.13. The minimum Gasteiger partial charge on any atom is -0.482 e. The van der Waals surface area contributed by atoms with Gasteiger partial charge < -0.3 is 19.5 Å². The van der Waals surface area contributed by atoms with Crippen LogP contribution in [0.5, 0.6) is 5.75 Å². The third kappa shape index (κ3) is 6.76. The van der Waals surface area contributed by atoms with E-state index in [-0.39, 0.29) is 19.1 Å². The van der Waals surface area contributed by atoms with Crippen molar-refractivity contribution in [2.24, 2.45) is 0 Å². The van der Waals surface area contributed by atoms with Crippen molar-refractivity contribution < 1.29 is 24.2 Å². The van der Waals surface area contributed by atoms with Gasteiger partial charge in [0.05, 0.1) is 0 Å². The number of rotatable bonds is 9. The molecule has 1 aromatic carbocycles. The van der Waals surface area contributed by atoms with E-state index in [1.807, 2.05) is 6.92 Å². The van der Waals surface area contributed by atoms with Crippen molar-refractivity contribution in [2.45, 2.75) is 19.9 Å². The lowest BCUT2D eigenvalue weighted by Crippen LogP contribution is -2.29. The van der Waals surface area contributed by atoms with Crippen LogP contribution in [-0.2, 0) is 20.9 Å². The highest BCUT2D eigenvalue weighted by Gasteiger charge is 2.09. The molecule has 0 atom stereocenters. The number of amides is 1. The number of hydrogen-bond acceptors (Lipinski definition) is 4. The fourth-order valence-electron chi connectivity index (χ4n) is 1.61. The number of nitrogens with zero attached hydrogens (tertiary/aromatic N) is 1. The molecule has 0 fully saturated rings. The Bertz CT molecular complexity index is 458. The minimum absolute atomic E-state index is 0.0744. The van der Waals surface area contributed by atoms with Gasteiger partial charge >= 0.3 is 5.97 Å². The number of ether oxygens (including phenoxy) is 2. The molecule has 0 unspecified atom stereocenters. The second-order valence-corrected chi connectivity index (χ2v) is 4.63. The van der Waals surface area contributed by atoms with Gasteiger partial charge in [-0.2, -0.15) is 0 Å². The summed E-state index contributed by atoms with van der Waals surface area (Å²) in [6.07, 6.45) is 0.884. The Morgan fingerprint density at radius 3 is 2.43 bits per heavy atom. The van der Waals surface area contributed by atoms with Crippen molar-refractivity contribution in [3.8, 4) is 5.75 Å². The van der Waals surface area contributed by atoms with Crippen molar-refractivity contribution in [3.05, 3.63) is 29.8 Å². The summed E-state index contributed by atoms with van der Waals surface area (Å²) in [7, 11) is 1.71. The van der Waals surface area contributed by atoms with E-state index in [1.54, 1.807) is 36.2 Å². The van der Waals surface area contributed by atoms with Crippen LogP contribution in [0.1, 0.15) is 18.9 Å². The molecule has 6 heteroatoms. The number of aliphatic carboxylic acids is 1. The summed E-state index contributed by atoms with van der Waals surface area (Å²) in [4.78, 5) is 23.8. The molecule has 0 aliphatic rings. The summed E-state index contributed by atoms with van der Waals surface area (Å²) in [6.45, 7) is 2.75. The van der Waals surface area contributed by atoms with Crippen molar-refractivity contribution in [1.82, 2.24) is 4.90 Å². The number of carboxylic acid groups (broad SMARTS) is 1. The summed E-state index contributed by atoms with van der Waals surface area (Å²) < 4.78 is 10.3. The molecule has 1 N–H and O–H groups in total. The van der Waals surface area contributed by atoms with Crippen LogP contribution < -0.4 is 4.74 Å². The van der Waals surface area contributed by atoms with E-state index in [2.05, 4.69) is 0 Å². The van der Waals surface area contributed by atoms with Crippen molar-refractivity contribution in [1.29, 1.82) is 0 Å². The third-order valence-corrected chi connectivity index (χ3v) is 2.71. The smallest absolute Gasteiger partial charge is 0.341 e. The summed E-state index contributed by atoms with van der Waals surface area (Å²) in [5.74, 6) is -0.604. The summed E-state index contributed by atoms with van der Waals surface area (Å²) in [5.41, 5.74) is 0.934. The van der Waals surface area contributed by atoms with E-state index >= 15 is 0 Å². The average molecular weight is 295 g/mol. The van der Waals surface area contributed by atoms with Crippen LogP contribution in [0.3, 0.4) is 0 Å². The molecule has 0 aliphatic heterocycles. The quantitative estimate of drug-likeness (QED) is 0.699. The molecule has 0 aliphatic carbocycles. The maximum atomic E-state index is 11.8. The Hall–Kier alpha value is -2.08. The van der Waals surface area contributed by atoms with Crippen molar-refractivity contribution in [3.63, 3.8) is 0 Å². The summed E-state index contributed by atoms with van der Waals surface area (Å²) in [5, 5.41) is 8.52. The van der Waals surface area contributed by atoms with Crippen LogP contribution in [0.4, 0.5) is 0 Å². The van der Waals surface area contributed by atoms with E-state index in [1.165, 1.54) is 0 Å². The number of carbonyl (C=O) groups excluding carboxylic acids is 1. The lowest BCUT2D eigenvalue weighted by molar-refractivity contribution is -0.139. The van der Waals surface area contributed by atoms with Gasteiger partial charge in [0.2, 0.25) is 5.91 Å². The number of benzene rings is 1. The molecule has 0 bridgehead atoms. The second-order valence-electron chi connectivity index (χ2n) is 4.63. The standard InChI is InChI=1S/C15H21NO5/c1-3-8-20-10-14(17)16(2)9-12-4-6-13(7-5-12)21-11-15(18)19/h4-7H,3,8-11H2,1-2H3,(H,18,19). The van der Waals surface area contributed by atoms with E-state index < -0.39 is 5.97 Å².